The van der Waals surface area contributed by atoms with E-state index in [1.807, 2.05) is 0 Å². The van der Waals surface area contributed by atoms with Crippen molar-refractivity contribution in [2.24, 2.45) is 5.92 Å². The highest BCUT2D eigenvalue weighted by molar-refractivity contribution is 5.96. The van der Waals surface area contributed by atoms with E-state index in [9.17, 15) is 18.8 Å². The largest absolute Gasteiger partial charge is 0.478 e. The van der Waals surface area contributed by atoms with Crippen molar-refractivity contribution < 1.29 is 23.9 Å². The van der Waals surface area contributed by atoms with E-state index in [4.69, 9.17) is 5.11 Å². The van der Waals surface area contributed by atoms with Crippen molar-refractivity contribution in [3.05, 3.63) is 65.5 Å². The fourth-order valence-corrected chi connectivity index (χ4v) is 3.09. The zero-order valence-electron chi connectivity index (χ0n) is 14.5. The van der Waals surface area contributed by atoms with Crippen molar-refractivity contribution in [2.45, 2.75) is 12.8 Å². The molecule has 1 fully saturated rings. The number of anilines is 1. The van der Waals surface area contributed by atoms with Gasteiger partial charge in [0.15, 0.2) is 0 Å². The number of nitrogens with zero attached hydrogens (tertiary/aromatic N) is 1. The first kappa shape index (κ1) is 18.6. The maximum atomic E-state index is 13.2. The Morgan fingerprint density at radius 2 is 1.63 bits per heavy atom. The van der Waals surface area contributed by atoms with Crippen LogP contribution < -0.4 is 5.32 Å². The second-order valence-corrected chi connectivity index (χ2v) is 6.45. The number of likely N-dealkylation sites (tertiary alicyclic amines) is 1. The number of nitrogens with one attached hydrogen (secondary N) is 1. The molecule has 1 aliphatic rings. The number of carbonyl (C=O) groups is 3. The van der Waals surface area contributed by atoms with Crippen molar-refractivity contribution in [3.8, 4) is 0 Å². The average Bonchev–Trinajstić information content (AvgIpc) is 2.67. The Bertz CT molecular complexity index is 859. The number of piperidine rings is 1. The van der Waals surface area contributed by atoms with Gasteiger partial charge in [-0.2, -0.15) is 0 Å². The highest BCUT2D eigenvalue weighted by Crippen LogP contribution is 2.21. The Morgan fingerprint density at radius 1 is 1.00 bits per heavy atom. The number of rotatable bonds is 4. The molecular formula is C20H19FN2O4. The molecule has 1 heterocycles. The second-order valence-electron chi connectivity index (χ2n) is 6.45. The van der Waals surface area contributed by atoms with Crippen LogP contribution in [0.1, 0.15) is 33.6 Å². The summed E-state index contributed by atoms with van der Waals surface area (Å²) >= 11 is 0. The van der Waals surface area contributed by atoms with Crippen molar-refractivity contribution in [3.63, 3.8) is 0 Å². The SMILES string of the molecule is O=C(O)c1ccc(C(=O)N2CCC(C(=O)Nc3cccc(F)c3)CC2)cc1. The quantitative estimate of drug-likeness (QED) is 0.866. The Morgan fingerprint density at radius 3 is 2.22 bits per heavy atom. The van der Waals surface area contributed by atoms with Crippen LogP contribution in [0.4, 0.5) is 10.1 Å². The van der Waals surface area contributed by atoms with E-state index in [0.29, 0.717) is 37.2 Å². The predicted molar refractivity (Wildman–Crippen MR) is 97.1 cm³/mol. The minimum absolute atomic E-state index is 0.124. The molecule has 2 aromatic rings. The highest BCUT2D eigenvalue weighted by Gasteiger charge is 2.28. The fourth-order valence-electron chi connectivity index (χ4n) is 3.09. The summed E-state index contributed by atoms with van der Waals surface area (Å²) in [7, 11) is 0. The maximum Gasteiger partial charge on any atom is 0.335 e. The normalized spacial score (nSPS) is 14.6. The lowest BCUT2D eigenvalue weighted by atomic mass is 9.95. The van der Waals surface area contributed by atoms with Gasteiger partial charge in [0, 0.05) is 30.3 Å². The van der Waals surface area contributed by atoms with Gasteiger partial charge >= 0.3 is 5.97 Å². The van der Waals surface area contributed by atoms with Crippen LogP contribution in [0.15, 0.2) is 48.5 Å². The van der Waals surface area contributed by atoms with Gasteiger partial charge in [0.1, 0.15) is 5.82 Å². The number of carboxylic acids is 1. The summed E-state index contributed by atoms with van der Waals surface area (Å²) in [4.78, 5) is 37.4. The molecule has 140 valence electrons. The molecule has 0 saturated carbocycles. The molecule has 0 atom stereocenters. The Hall–Kier alpha value is -3.22. The number of hydrogen-bond acceptors (Lipinski definition) is 3. The first-order chi connectivity index (χ1) is 12.9. The van der Waals surface area contributed by atoms with Gasteiger partial charge in [0.05, 0.1) is 5.56 Å². The Labute approximate surface area is 155 Å². The lowest BCUT2D eigenvalue weighted by molar-refractivity contribution is -0.121. The van der Waals surface area contributed by atoms with E-state index >= 15 is 0 Å². The summed E-state index contributed by atoms with van der Waals surface area (Å²) in [6.45, 7) is 0.863. The number of aromatic carboxylic acids is 1. The summed E-state index contributed by atoms with van der Waals surface area (Å²) in [6.07, 6.45) is 1.03. The van der Waals surface area contributed by atoms with Crippen molar-refractivity contribution in [1.82, 2.24) is 4.90 Å². The van der Waals surface area contributed by atoms with Gasteiger partial charge in [-0.15, -0.1) is 0 Å². The van der Waals surface area contributed by atoms with Crippen LogP contribution >= 0.6 is 0 Å². The van der Waals surface area contributed by atoms with Crippen molar-refractivity contribution in [2.75, 3.05) is 18.4 Å². The van der Waals surface area contributed by atoms with Gasteiger partial charge in [0.25, 0.3) is 5.91 Å². The number of halogens is 1. The molecule has 0 unspecified atom stereocenters. The van der Waals surface area contributed by atoms with Gasteiger partial charge in [0.2, 0.25) is 5.91 Å². The minimum atomic E-state index is -1.04. The fraction of sp³-hybridized carbons (Fsp3) is 0.250. The van der Waals surface area contributed by atoms with Crippen molar-refractivity contribution in [1.29, 1.82) is 0 Å². The van der Waals surface area contributed by atoms with Crippen LogP contribution in [0, 0.1) is 11.7 Å². The molecule has 2 N–H and O–H groups in total. The van der Waals surface area contributed by atoms with Crippen molar-refractivity contribution >= 4 is 23.5 Å². The topological polar surface area (TPSA) is 86.7 Å². The molecule has 27 heavy (non-hydrogen) atoms. The molecule has 1 aliphatic heterocycles. The van der Waals surface area contributed by atoms with Gasteiger partial charge in [-0.1, -0.05) is 6.07 Å². The average molecular weight is 370 g/mol. The first-order valence-electron chi connectivity index (χ1n) is 8.63. The number of carboxylic acid groups (broad SMARTS) is 1. The summed E-state index contributed by atoms with van der Waals surface area (Å²) in [5.41, 5.74) is 0.957. The zero-order chi connectivity index (χ0) is 19.4. The van der Waals surface area contributed by atoms with E-state index in [1.54, 1.807) is 11.0 Å². The monoisotopic (exact) mass is 370 g/mol. The van der Waals surface area contributed by atoms with E-state index in [0.717, 1.165) is 0 Å². The molecule has 0 aliphatic carbocycles. The number of hydrogen-bond donors (Lipinski definition) is 2. The number of carbonyl (C=O) groups excluding carboxylic acids is 2. The Balaban J connectivity index is 1.55. The van der Waals surface area contributed by atoms with Crippen LogP contribution in [-0.4, -0.2) is 40.9 Å². The third-order valence-electron chi connectivity index (χ3n) is 4.62. The molecular weight excluding hydrogens is 351 g/mol. The molecule has 2 aromatic carbocycles. The number of benzene rings is 2. The van der Waals surface area contributed by atoms with E-state index in [-0.39, 0.29) is 23.3 Å². The maximum absolute atomic E-state index is 13.2. The van der Waals surface area contributed by atoms with Crippen LogP contribution in [0.3, 0.4) is 0 Å². The molecule has 7 heteroatoms. The van der Waals surface area contributed by atoms with E-state index in [2.05, 4.69) is 5.32 Å². The second kappa shape index (κ2) is 7.99. The molecule has 0 aromatic heterocycles. The zero-order valence-corrected chi connectivity index (χ0v) is 14.5. The summed E-state index contributed by atoms with van der Waals surface area (Å²) in [5.74, 6) is -2.07. The summed E-state index contributed by atoms with van der Waals surface area (Å²) in [6, 6.07) is 11.5. The van der Waals surface area contributed by atoms with E-state index in [1.165, 1.54) is 42.5 Å². The molecule has 6 nitrogen and oxygen atoms in total. The summed E-state index contributed by atoms with van der Waals surface area (Å²) in [5, 5.41) is 11.6. The van der Waals surface area contributed by atoms with Crippen LogP contribution in [0.2, 0.25) is 0 Å². The predicted octanol–water partition coefficient (Wildman–Crippen LogP) is 3.01. The lowest BCUT2D eigenvalue weighted by Gasteiger charge is -2.31. The van der Waals surface area contributed by atoms with Gasteiger partial charge in [-0.05, 0) is 55.3 Å². The van der Waals surface area contributed by atoms with Gasteiger partial charge in [-0.3, -0.25) is 9.59 Å². The van der Waals surface area contributed by atoms with E-state index < -0.39 is 11.8 Å². The summed E-state index contributed by atoms with van der Waals surface area (Å²) < 4.78 is 13.2. The number of amides is 2. The minimum Gasteiger partial charge on any atom is -0.478 e. The smallest absolute Gasteiger partial charge is 0.335 e. The Kier molecular flexibility index (Phi) is 5.49. The lowest BCUT2D eigenvalue weighted by Crippen LogP contribution is -2.41. The molecule has 2 amide bonds. The molecule has 0 radical (unpaired) electrons. The van der Waals surface area contributed by atoms with Crippen LogP contribution in [0.25, 0.3) is 0 Å². The third-order valence-corrected chi connectivity index (χ3v) is 4.62. The van der Waals surface area contributed by atoms with Crippen LogP contribution in [0.5, 0.6) is 0 Å². The standard InChI is InChI=1S/C20H19FN2O4/c21-16-2-1-3-17(12-16)22-18(24)13-8-10-23(11-9-13)19(25)14-4-6-15(7-5-14)20(26)27/h1-7,12-13H,8-11H2,(H,22,24)(H,26,27). The third kappa shape index (κ3) is 4.49. The molecule has 0 bridgehead atoms. The molecule has 3 rings (SSSR count). The first-order valence-corrected chi connectivity index (χ1v) is 8.63. The van der Waals surface area contributed by atoms with Gasteiger partial charge < -0.3 is 15.3 Å². The highest BCUT2D eigenvalue weighted by atomic mass is 19.1. The van der Waals surface area contributed by atoms with Crippen LogP contribution in [-0.2, 0) is 4.79 Å². The molecule has 0 spiro atoms. The van der Waals surface area contributed by atoms with Gasteiger partial charge in [-0.25, -0.2) is 9.18 Å². The molecule has 1 saturated heterocycles.